The molecule has 0 aliphatic heterocycles. The quantitative estimate of drug-likeness (QED) is 0.657. The molecule has 0 atom stereocenters. The summed E-state index contributed by atoms with van der Waals surface area (Å²) in [6.45, 7) is 1.55. The number of benzene rings is 1. The fraction of sp³-hybridized carbons (Fsp3) is 0.333. The van der Waals surface area contributed by atoms with Crippen LogP contribution in [0.2, 0.25) is 0 Å². The van der Waals surface area contributed by atoms with Crippen molar-refractivity contribution >= 4 is 11.6 Å². The third-order valence-electron chi connectivity index (χ3n) is 3.18. The first kappa shape index (κ1) is 15.9. The van der Waals surface area contributed by atoms with Gasteiger partial charge in [0.2, 0.25) is 0 Å². The lowest BCUT2D eigenvalue weighted by molar-refractivity contribution is 0.0671. The Kier molecular flexibility index (Phi) is 5.08. The van der Waals surface area contributed by atoms with Crippen LogP contribution in [0, 0.1) is 0 Å². The van der Waals surface area contributed by atoms with Crippen LogP contribution < -0.4 is 11.1 Å². The lowest BCUT2D eigenvalue weighted by Crippen LogP contribution is -2.23. The fourth-order valence-corrected chi connectivity index (χ4v) is 1.96. The number of guanidine groups is 1. The van der Waals surface area contributed by atoms with Gasteiger partial charge in [-0.2, -0.15) is 8.78 Å². The van der Waals surface area contributed by atoms with Crippen molar-refractivity contribution in [2.45, 2.75) is 32.9 Å². The van der Waals surface area contributed by atoms with Crippen molar-refractivity contribution in [2.24, 2.45) is 10.7 Å². The molecule has 0 unspecified atom stereocenters. The van der Waals surface area contributed by atoms with E-state index >= 15 is 0 Å². The number of nitrogens with zero attached hydrogens (tertiary/aromatic N) is 3. The predicted molar refractivity (Wildman–Crippen MR) is 83.0 cm³/mol. The van der Waals surface area contributed by atoms with Crippen molar-refractivity contribution in [3.63, 3.8) is 0 Å². The molecule has 0 saturated heterocycles. The van der Waals surface area contributed by atoms with Gasteiger partial charge >= 0.3 is 6.55 Å². The maximum Gasteiger partial charge on any atom is 0.319 e. The molecule has 3 N–H and O–H groups in total. The van der Waals surface area contributed by atoms with Crippen molar-refractivity contribution in [1.29, 1.82) is 0 Å². The molecule has 2 rings (SSSR count). The third-order valence-corrected chi connectivity index (χ3v) is 3.18. The lowest BCUT2D eigenvalue weighted by Gasteiger charge is -2.10. The first-order valence-electron chi connectivity index (χ1n) is 6.94. The van der Waals surface area contributed by atoms with E-state index in [9.17, 15) is 8.78 Å². The molecule has 0 aliphatic carbocycles. The van der Waals surface area contributed by atoms with Gasteiger partial charge in [-0.15, -0.1) is 0 Å². The first-order valence-corrected chi connectivity index (χ1v) is 6.94. The van der Waals surface area contributed by atoms with Crippen molar-refractivity contribution in [1.82, 2.24) is 9.55 Å². The molecule has 7 heteroatoms. The van der Waals surface area contributed by atoms with Crippen LogP contribution in [0.15, 0.2) is 41.7 Å². The number of nitrogens with one attached hydrogen (secondary N) is 1. The average Bonchev–Trinajstić information content (AvgIpc) is 2.94. The molecular formula is C15H19F2N5. The second-order valence-corrected chi connectivity index (χ2v) is 5.14. The Bertz CT molecular complexity index is 649. The Labute approximate surface area is 127 Å². The zero-order valence-electron chi connectivity index (χ0n) is 12.5. The van der Waals surface area contributed by atoms with E-state index in [1.807, 2.05) is 24.3 Å². The minimum absolute atomic E-state index is 0.0138. The monoisotopic (exact) mass is 307 g/mol. The van der Waals surface area contributed by atoms with Gasteiger partial charge in [0.1, 0.15) is 12.4 Å². The topological polar surface area (TPSA) is 68.2 Å². The smallest absolute Gasteiger partial charge is 0.319 e. The summed E-state index contributed by atoms with van der Waals surface area (Å²) in [5.41, 5.74) is 7.77. The number of hydrogen-bond acceptors (Lipinski definition) is 2. The normalized spacial score (nSPS) is 12.2. The third kappa shape index (κ3) is 4.03. The van der Waals surface area contributed by atoms with Crippen LogP contribution in [-0.4, -0.2) is 15.5 Å². The number of rotatable bonds is 5. The number of anilines is 1. The minimum Gasteiger partial charge on any atom is -0.370 e. The van der Waals surface area contributed by atoms with Gasteiger partial charge in [-0.05, 0) is 23.6 Å². The molecule has 22 heavy (non-hydrogen) atoms. The number of hydrogen-bond donors (Lipinski definition) is 2. The Hall–Kier alpha value is -2.44. The zero-order valence-corrected chi connectivity index (χ0v) is 12.5. The summed E-state index contributed by atoms with van der Waals surface area (Å²) in [7, 11) is 0. The lowest BCUT2D eigenvalue weighted by atomic mass is 10.0. The molecule has 0 fully saturated rings. The summed E-state index contributed by atoms with van der Waals surface area (Å²) < 4.78 is 26.1. The van der Waals surface area contributed by atoms with Gasteiger partial charge in [-0.25, -0.2) is 9.98 Å². The highest BCUT2D eigenvalue weighted by Crippen LogP contribution is 2.18. The molecule has 5 nitrogen and oxygen atoms in total. The van der Waals surface area contributed by atoms with Crippen LogP contribution >= 0.6 is 0 Å². The molecular weight excluding hydrogens is 288 g/mol. The van der Waals surface area contributed by atoms with Gasteiger partial charge in [0.05, 0.1) is 0 Å². The molecule has 0 aliphatic rings. The highest BCUT2D eigenvalue weighted by atomic mass is 19.3. The van der Waals surface area contributed by atoms with Crippen molar-refractivity contribution in [3.05, 3.63) is 48.0 Å². The first-order chi connectivity index (χ1) is 10.5. The number of nitrogens with two attached hydrogens (primary N) is 1. The highest BCUT2D eigenvalue weighted by molar-refractivity contribution is 5.92. The second-order valence-electron chi connectivity index (χ2n) is 5.14. The molecule has 1 aromatic heterocycles. The van der Waals surface area contributed by atoms with E-state index in [1.165, 1.54) is 18.0 Å². The van der Waals surface area contributed by atoms with Gasteiger partial charge < -0.3 is 11.1 Å². The average molecular weight is 307 g/mol. The minimum atomic E-state index is -2.63. The van der Waals surface area contributed by atoms with Crippen LogP contribution in [0.1, 0.15) is 37.7 Å². The SMILES string of the molecule is CC(C)c1cccc(NC(N)=NCc2nccn2C(F)F)c1. The van der Waals surface area contributed by atoms with Crippen LogP contribution in [0.3, 0.4) is 0 Å². The molecule has 0 amide bonds. The molecule has 0 spiro atoms. The number of aliphatic imine (C=N–C) groups is 1. The molecule has 0 saturated carbocycles. The summed E-state index contributed by atoms with van der Waals surface area (Å²) in [5, 5.41) is 2.95. The van der Waals surface area contributed by atoms with Gasteiger partial charge in [0, 0.05) is 18.1 Å². The summed E-state index contributed by atoms with van der Waals surface area (Å²) in [4.78, 5) is 7.89. The van der Waals surface area contributed by atoms with Gasteiger partial charge in [0.25, 0.3) is 0 Å². The van der Waals surface area contributed by atoms with Crippen molar-refractivity contribution < 1.29 is 8.78 Å². The molecule has 1 heterocycles. The largest absolute Gasteiger partial charge is 0.370 e. The molecule has 118 valence electrons. The van der Waals surface area contributed by atoms with E-state index in [-0.39, 0.29) is 18.3 Å². The van der Waals surface area contributed by atoms with Crippen LogP contribution in [0.5, 0.6) is 0 Å². The van der Waals surface area contributed by atoms with Gasteiger partial charge in [-0.3, -0.25) is 4.57 Å². The molecule has 1 aromatic carbocycles. The Morgan fingerprint density at radius 3 is 2.86 bits per heavy atom. The van der Waals surface area contributed by atoms with Crippen molar-refractivity contribution in [3.8, 4) is 0 Å². The number of aromatic nitrogens is 2. The highest BCUT2D eigenvalue weighted by Gasteiger charge is 2.10. The number of halogens is 2. The van der Waals surface area contributed by atoms with Crippen LogP contribution in [-0.2, 0) is 6.54 Å². The number of imidazole rings is 1. The van der Waals surface area contributed by atoms with E-state index < -0.39 is 6.55 Å². The van der Waals surface area contributed by atoms with Crippen LogP contribution in [0.4, 0.5) is 14.5 Å². The molecule has 0 bridgehead atoms. The maximum atomic E-state index is 12.7. The van der Waals surface area contributed by atoms with E-state index in [4.69, 9.17) is 5.73 Å². The summed E-state index contributed by atoms with van der Waals surface area (Å²) in [6.07, 6.45) is 2.53. The summed E-state index contributed by atoms with van der Waals surface area (Å²) in [6, 6.07) is 7.80. The van der Waals surface area contributed by atoms with E-state index in [0.717, 1.165) is 10.3 Å². The zero-order chi connectivity index (χ0) is 16.1. The molecule has 0 radical (unpaired) electrons. The Morgan fingerprint density at radius 1 is 1.41 bits per heavy atom. The summed E-state index contributed by atoms with van der Waals surface area (Å²) >= 11 is 0. The number of alkyl halides is 2. The maximum absolute atomic E-state index is 12.7. The summed E-state index contributed by atoms with van der Waals surface area (Å²) in [5.74, 6) is 0.721. The van der Waals surface area contributed by atoms with Crippen LogP contribution in [0.25, 0.3) is 0 Å². The van der Waals surface area contributed by atoms with E-state index in [0.29, 0.717) is 5.92 Å². The predicted octanol–water partition coefficient (Wildman–Crippen LogP) is 3.33. The standard InChI is InChI=1S/C15H19F2N5/c1-10(2)11-4-3-5-12(8-11)21-15(18)20-9-13-19-6-7-22(13)14(16)17/h3-8,10,14H,9H2,1-2H3,(H3,18,20,21). The van der Waals surface area contributed by atoms with E-state index in [1.54, 1.807) is 0 Å². The van der Waals surface area contributed by atoms with Crippen molar-refractivity contribution in [2.75, 3.05) is 5.32 Å². The second kappa shape index (κ2) is 7.02. The Morgan fingerprint density at radius 2 is 2.18 bits per heavy atom. The Balaban J connectivity index is 2.04. The van der Waals surface area contributed by atoms with Gasteiger partial charge in [-0.1, -0.05) is 26.0 Å². The van der Waals surface area contributed by atoms with E-state index in [2.05, 4.69) is 29.1 Å². The molecule has 2 aromatic rings. The fourth-order valence-electron chi connectivity index (χ4n) is 1.96. The van der Waals surface area contributed by atoms with Gasteiger partial charge in [0.15, 0.2) is 5.96 Å².